The van der Waals surface area contributed by atoms with Crippen LogP contribution in [0.3, 0.4) is 0 Å². The third kappa shape index (κ3) is 3.53. The molecule has 3 nitrogen and oxygen atoms in total. The van der Waals surface area contributed by atoms with Crippen molar-refractivity contribution in [1.29, 1.82) is 0 Å². The van der Waals surface area contributed by atoms with Crippen LogP contribution in [0.25, 0.3) is 22.5 Å². The number of nitrogens with zero attached hydrogens (tertiary/aromatic N) is 1. The van der Waals surface area contributed by atoms with Gasteiger partial charge in [-0.25, -0.2) is 0 Å². The molecular formula is C24H20N2O. The number of benzene rings is 3. The minimum Gasteiger partial charge on any atom is -0.267 e. The Balaban J connectivity index is 1.78. The highest BCUT2D eigenvalue weighted by atomic mass is 16.2. The van der Waals surface area contributed by atoms with Crippen LogP contribution in [-0.4, -0.2) is 10.6 Å². The standard InChI is InChI=1S/C24H20N2O/c1-18-12-14-21(15-13-18)24(27)25-26-22(19-8-4-2-5-9-19)16-17-23(26)20-10-6-3-7-11-20/h2-17H,1H3,(H,25,27). The highest BCUT2D eigenvalue weighted by Gasteiger charge is 2.15. The first-order chi connectivity index (χ1) is 13.2. The van der Waals surface area contributed by atoms with Crippen molar-refractivity contribution in [3.63, 3.8) is 0 Å². The number of rotatable bonds is 4. The van der Waals surface area contributed by atoms with E-state index in [1.807, 2.05) is 109 Å². The molecule has 0 unspecified atom stereocenters. The molecule has 0 aliphatic carbocycles. The van der Waals surface area contributed by atoms with E-state index < -0.39 is 0 Å². The van der Waals surface area contributed by atoms with Crippen LogP contribution in [-0.2, 0) is 0 Å². The van der Waals surface area contributed by atoms with E-state index in [0.29, 0.717) is 5.56 Å². The molecule has 0 bridgehead atoms. The fourth-order valence-electron chi connectivity index (χ4n) is 3.10. The van der Waals surface area contributed by atoms with Crippen molar-refractivity contribution in [2.75, 3.05) is 5.43 Å². The number of nitrogens with one attached hydrogen (secondary N) is 1. The van der Waals surface area contributed by atoms with Crippen LogP contribution in [0.5, 0.6) is 0 Å². The average Bonchev–Trinajstić information content (AvgIpc) is 3.13. The maximum Gasteiger partial charge on any atom is 0.270 e. The van der Waals surface area contributed by atoms with Gasteiger partial charge >= 0.3 is 0 Å². The largest absolute Gasteiger partial charge is 0.270 e. The van der Waals surface area contributed by atoms with Gasteiger partial charge in [0.15, 0.2) is 0 Å². The van der Waals surface area contributed by atoms with Crippen molar-refractivity contribution in [1.82, 2.24) is 4.68 Å². The number of aromatic nitrogens is 1. The molecule has 132 valence electrons. The molecule has 0 radical (unpaired) electrons. The lowest BCUT2D eigenvalue weighted by molar-refractivity contribution is 0.101. The summed E-state index contributed by atoms with van der Waals surface area (Å²) in [6.45, 7) is 2.01. The molecule has 27 heavy (non-hydrogen) atoms. The fourth-order valence-corrected chi connectivity index (χ4v) is 3.10. The Morgan fingerprint density at radius 1 is 0.667 bits per heavy atom. The number of aryl methyl sites for hydroxylation is 1. The van der Waals surface area contributed by atoms with E-state index in [4.69, 9.17) is 0 Å². The second-order valence-corrected chi connectivity index (χ2v) is 6.48. The zero-order valence-corrected chi connectivity index (χ0v) is 15.1. The lowest BCUT2D eigenvalue weighted by Gasteiger charge is -2.15. The molecule has 0 aliphatic rings. The summed E-state index contributed by atoms with van der Waals surface area (Å²) in [4.78, 5) is 12.9. The van der Waals surface area contributed by atoms with Crippen LogP contribution in [0.4, 0.5) is 0 Å². The van der Waals surface area contributed by atoms with Crippen molar-refractivity contribution in [2.24, 2.45) is 0 Å². The van der Waals surface area contributed by atoms with Crippen molar-refractivity contribution in [3.8, 4) is 22.5 Å². The summed E-state index contributed by atoms with van der Waals surface area (Å²) in [6, 6.07) is 31.8. The summed E-state index contributed by atoms with van der Waals surface area (Å²) in [6.07, 6.45) is 0. The topological polar surface area (TPSA) is 34.0 Å². The molecular weight excluding hydrogens is 332 g/mol. The normalized spacial score (nSPS) is 10.6. The smallest absolute Gasteiger partial charge is 0.267 e. The highest BCUT2D eigenvalue weighted by Crippen LogP contribution is 2.28. The molecule has 0 aliphatic heterocycles. The molecule has 0 saturated carbocycles. The molecule has 3 aromatic carbocycles. The third-order valence-corrected chi connectivity index (χ3v) is 4.55. The van der Waals surface area contributed by atoms with Gasteiger partial charge in [0.25, 0.3) is 5.91 Å². The number of hydrogen-bond donors (Lipinski definition) is 1. The third-order valence-electron chi connectivity index (χ3n) is 4.55. The van der Waals surface area contributed by atoms with Crippen molar-refractivity contribution in [3.05, 3.63) is 108 Å². The SMILES string of the molecule is Cc1ccc(C(=O)Nn2c(-c3ccccc3)ccc2-c2ccccc2)cc1. The van der Waals surface area contributed by atoms with Crippen LogP contribution < -0.4 is 5.43 Å². The predicted octanol–water partition coefficient (Wildman–Crippen LogP) is 5.51. The van der Waals surface area contributed by atoms with E-state index in [9.17, 15) is 4.79 Å². The molecule has 1 heterocycles. The van der Waals surface area contributed by atoms with Gasteiger partial charge in [0.05, 0.1) is 11.4 Å². The first-order valence-electron chi connectivity index (χ1n) is 8.93. The number of carbonyl (C=O) groups is 1. The Kier molecular flexibility index (Phi) is 4.58. The highest BCUT2D eigenvalue weighted by molar-refractivity contribution is 6.00. The summed E-state index contributed by atoms with van der Waals surface area (Å²) in [7, 11) is 0. The maximum atomic E-state index is 12.9. The molecule has 0 saturated heterocycles. The van der Waals surface area contributed by atoms with Crippen LogP contribution in [0.2, 0.25) is 0 Å². The summed E-state index contributed by atoms with van der Waals surface area (Å²) < 4.78 is 1.87. The van der Waals surface area contributed by atoms with Gasteiger partial charge in [-0.3, -0.25) is 14.9 Å². The Bertz CT molecular complexity index is 992. The van der Waals surface area contributed by atoms with Crippen LogP contribution in [0, 0.1) is 6.92 Å². The van der Waals surface area contributed by atoms with Gasteiger partial charge in [-0.1, -0.05) is 78.4 Å². The van der Waals surface area contributed by atoms with Crippen molar-refractivity contribution in [2.45, 2.75) is 6.92 Å². The van der Waals surface area contributed by atoms with E-state index in [-0.39, 0.29) is 5.91 Å². The Hall–Kier alpha value is -3.59. The van der Waals surface area contributed by atoms with E-state index in [1.165, 1.54) is 0 Å². The van der Waals surface area contributed by atoms with Gasteiger partial charge < -0.3 is 0 Å². The number of hydrogen-bond acceptors (Lipinski definition) is 1. The lowest BCUT2D eigenvalue weighted by atomic mass is 10.1. The molecule has 0 atom stereocenters. The molecule has 0 fully saturated rings. The lowest BCUT2D eigenvalue weighted by Crippen LogP contribution is -2.24. The summed E-state index contributed by atoms with van der Waals surface area (Å²) in [5.74, 6) is -0.138. The van der Waals surface area contributed by atoms with Gasteiger partial charge in [-0.15, -0.1) is 0 Å². The Labute approximate surface area is 158 Å². The predicted molar refractivity (Wildman–Crippen MR) is 110 cm³/mol. The fraction of sp³-hybridized carbons (Fsp3) is 0.0417. The minimum absolute atomic E-state index is 0.138. The van der Waals surface area contributed by atoms with Crippen molar-refractivity contribution >= 4 is 5.91 Å². The van der Waals surface area contributed by atoms with E-state index in [0.717, 1.165) is 28.1 Å². The molecule has 1 N–H and O–H groups in total. The summed E-state index contributed by atoms with van der Waals surface area (Å²) >= 11 is 0. The summed E-state index contributed by atoms with van der Waals surface area (Å²) in [5, 5.41) is 0. The molecule has 3 heteroatoms. The molecule has 4 rings (SSSR count). The molecule has 1 amide bonds. The number of amides is 1. The van der Waals surface area contributed by atoms with Crippen molar-refractivity contribution < 1.29 is 4.79 Å². The van der Waals surface area contributed by atoms with Crippen LogP contribution >= 0.6 is 0 Å². The zero-order valence-electron chi connectivity index (χ0n) is 15.1. The molecule has 1 aromatic heterocycles. The van der Waals surface area contributed by atoms with E-state index in [1.54, 1.807) is 0 Å². The van der Waals surface area contributed by atoms with Gasteiger partial charge in [0.1, 0.15) is 0 Å². The average molecular weight is 352 g/mol. The van der Waals surface area contributed by atoms with E-state index in [2.05, 4.69) is 5.43 Å². The maximum absolute atomic E-state index is 12.9. The first kappa shape index (κ1) is 16.9. The zero-order chi connectivity index (χ0) is 18.6. The number of carbonyl (C=O) groups excluding carboxylic acids is 1. The second kappa shape index (κ2) is 7.34. The van der Waals surface area contributed by atoms with E-state index >= 15 is 0 Å². The minimum atomic E-state index is -0.138. The van der Waals surface area contributed by atoms with Gasteiger partial charge in [0, 0.05) is 16.7 Å². The molecule has 0 spiro atoms. The first-order valence-corrected chi connectivity index (χ1v) is 8.93. The van der Waals surface area contributed by atoms with Gasteiger partial charge in [0.2, 0.25) is 0 Å². The van der Waals surface area contributed by atoms with Gasteiger partial charge in [-0.05, 0) is 31.2 Å². The Morgan fingerprint density at radius 2 is 1.15 bits per heavy atom. The van der Waals surface area contributed by atoms with Gasteiger partial charge in [-0.2, -0.15) is 0 Å². The van der Waals surface area contributed by atoms with Crippen LogP contribution in [0.15, 0.2) is 97.1 Å². The Morgan fingerprint density at radius 3 is 1.63 bits per heavy atom. The molecule has 4 aromatic rings. The monoisotopic (exact) mass is 352 g/mol. The van der Waals surface area contributed by atoms with Crippen LogP contribution in [0.1, 0.15) is 15.9 Å². The summed E-state index contributed by atoms with van der Waals surface area (Å²) in [5.41, 5.74) is 8.80. The quantitative estimate of drug-likeness (QED) is 0.516. The second-order valence-electron chi connectivity index (χ2n) is 6.48.